The Balaban J connectivity index is 1.46. The summed E-state index contributed by atoms with van der Waals surface area (Å²) >= 11 is 0. The van der Waals surface area contributed by atoms with Crippen molar-refractivity contribution in [2.24, 2.45) is 0 Å². The number of nitrogens with zero attached hydrogens (tertiary/aromatic N) is 2. The van der Waals surface area contributed by atoms with E-state index in [9.17, 15) is 14.4 Å². The Morgan fingerprint density at radius 1 is 1.18 bits per heavy atom. The van der Waals surface area contributed by atoms with E-state index in [-0.39, 0.29) is 11.8 Å². The van der Waals surface area contributed by atoms with Crippen molar-refractivity contribution in [1.82, 2.24) is 20.5 Å². The van der Waals surface area contributed by atoms with Crippen molar-refractivity contribution in [3.8, 4) is 0 Å². The molecule has 0 radical (unpaired) electrons. The number of hydrogen-bond acceptors (Lipinski definition) is 6. The van der Waals surface area contributed by atoms with Gasteiger partial charge in [0.1, 0.15) is 17.9 Å². The molecule has 3 amide bonds. The third kappa shape index (κ3) is 4.93. The summed E-state index contributed by atoms with van der Waals surface area (Å²) in [7, 11) is 1.24. The maximum atomic E-state index is 13.4. The molecular weight excluding hydrogens is 434 g/mol. The van der Waals surface area contributed by atoms with E-state index in [0.717, 1.165) is 16.3 Å². The number of amides is 3. The monoisotopic (exact) mass is 461 g/mol. The number of rotatable bonds is 6. The molecule has 34 heavy (non-hydrogen) atoms. The second-order valence-corrected chi connectivity index (χ2v) is 8.14. The molecule has 1 aromatic heterocycles. The van der Waals surface area contributed by atoms with Gasteiger partial charge in [-0.2, -0.15) is 0 Å². The predicted octanol–water partition coefficient (Wildman–Crippen LogP) is 2.52. The summed E-state index contributed by atoms with van der Waals surface area (Å²) in [5, 5.41) is 7.34. The molecule has 1 saturated heterocycles. The average molecular weight is 462 g/mol. The molecule has 0 bridgehead atoms. The van der Waals surface area contributed by atoms with Crippen LogP contribution in [-0.2, 0) is 20.9 Å². The SMILES string of the molecule is COC(=O)N[C@H](C(=O)N1CCCC1C(=O)NCc1ccc2c(N)nccc2c1)c1ccccc1. The van der Waals surface area contributed by atoms with Gasteiger partial charge in [0.25, 0.3) is 5.91 Å². The minimum atomic E-state index is -0.943. The fourth-order valence-corrected chi connectivity index (χ4v) is 4.25. The standard InChI is InChI=1S/C25H27N5O4/c1-34-25(33)29-21(17-6-3-2-4-7-17)24(32)30-13-5-8-20(30)23(31)28-15-16-9-10-19-18(14-16)11-12-27-22(19)26/h2-4,6-7,9-12,14,20-21H,5,8,13,15H2,1H3,(H2,26,27)(H,28,31)(H,29,33)/t20?,21-/m0/s1. The number of nitrogens with one attached hydrogen (secondary N) is 2. The number of ether oxygens (including phenoxy) is 1. The van der Waals surface area contributed by atoms with Crippen molar-refractivity contribution < 1.29 is 19.1 Å². The summed E-state index contributed by atoms with van der Waals surface area (Å²) < 4.78 is 4.70. The molecule has 2 atom stereocenters. The maximum absolute atomic E-state index is 13.4. The number of anilines is 1. The molecule has 4 rings (SSSR count). The molecule has 1 aliphatic heterocycles. The minimum absolute atomic E-state index is 0.231. The van der Waals surface area contributed by atoms with Crippen LogP contribution in [0.15, 0.2) is 60.8 Å². The number of methoxy groups -OCH3 is 1. The summed E-state index contributed by atoms with van der Waals surface area (Å²) in [4.78, 5) is 44.0. The van der Waals surface area contributed by atoms with Crippen molar-refractivity contribution >= 4 is 34.5 Å². The van der Waals surface area contributed by atoms with Gasteiger partial charge in [0, 0.05) is 24.7 Å². The largest absolute Gasteiger partial charge is 0.453 e. The Hall–Kier alpha value is -4.14. The van der Waals surface area contributed by atoms with Crippen molar-refractivity contribution in [2.75, 3.05) is 19.4 Å². The van der Waals surface area contributed by atoms with E-state index in [4.69, 9.17) is 10.5 Å². The first-order chi connectivity index (χ1) is 16.5. The number of aromatic nitrogens is 1. The molecule has 176 valence electrons. The van der Waals surface area contributed by atoms with Crippen molar-refractivity contribution in [2.45, 2.75) is 31.5 Å². The van der Waals surface area contributed by atoms with E-state index in [2.05, 4.69) is 15.6 Å². The quantitative estimate of drug-likeness (QED) is 0.518. The topological polar surface area (TPSA) is 127 Å². The highest BCUT2D eigenvalue weighted by molar-refractivity contribution is 5.93. The number of benzene rings is 2. The van der Waals surface area contributed by atoms with Crippen molar-refractivity contribution in [3.05, 3.63) is 71.9 Å². The first-order valence-electron chi connectivity index (χ1n) is 11.1. The zero-order valence-corrected chi connectivity index (χ0v) is 18.9. The van der Waals surface area contributed by atoms with Crippen LogP contribution in [0.5, 0.6) is 0 Å². The number of hydrogen-bond donors (Lipinski definition) is 3. The number of fused-ring (bicyclic) bond motifs is 1. The number of nitrogens with two attached hydrogens (primary N) is 1. The van der Waals surface area contributed by atoms with Crippen LogP contribution >= 0.6 is 0 Å². The zero-order valence-electron chi connectivity index (χ0n) is 18.9. The van der Waals surface area contributed by atoms with Crippen LogP contribution in [0.1, 0.15) is 30.0 Å². The van der Waals surface area contributed by atoms with Crippen LogP contribution in [0, 0.1) is 0 Å². The zero-order chi connectivity index (χ0) is 24.1. The highest BCUT2D eigenvalue weighted by Gasteiger charge is 2.38. The van der Waals surface area contributed by atoms with E-state index in [0.29, 0.717) is 37.3 Å². The van der Waals surface area contributed by atoms with Crippen molar-refractivity contribution in [1.29, 1.82) is 0 Å². The van der Waals surface area contributed by atoms with Gasteiger partial charge in [0.15, 0.2) is 0 Å². The van der Waals surface area contributed by atoms with E-state index >= 15 is 0 Å². The first kappa shape index (κ1) is 23.0. The number of likely N-dealkylation sites (tertiary alicyclic amines) is 1. The number of nitrogen functional groups attached to an aromatic ring is 1. The summed E-state index contributed by atoms with van der Waals surface area (Å²) in [5.41, 5.74) is 7.44. The fourth-order valence-electron chi connectivity index (χ4n) is 4.25. The van der Waals surface area contributed by atoms with Gasteiger partial charge >= 0.3 is 6.09 Å². The van der Waals surface area contributed by atoms with Crippen LogP contribution in [0.4, 0.5) is 10.6 Å². The molecule has 9 nitrogen and oxygen atoms in total. The van der Waals surface area contributed by atoms with E-state index < -0.39 is 18.2 Å². The van der Waals surface area contributed by atoms with Gasteiger partial charge in [-0.3, -0.25) is 9.59 Å². The number of carbonyl (C=O) groups excluding carboxylic acids is 3. The highest BCUT2D eigenvalue weighted by Crippen LogP contribution is 2.24. The van der Waals surface area contributed by atoms with E-state index in [1.807, 2.05) is 30.3 Å². The molecule has 4 N–H and O–H groups in total. The third-order valence-electron chi connectivity index (χ3n) is 5.99. The highest BCUT2D eigenvalue weighted by atomic mass is 16.5. The Labute approximate surface area is 197 Å². The lowest BCUT2D eigenvalue weighted by atomic mass is 10.0. The fraction of sp³-hybridized carbons (Fsp3) is 0.280. The van der Waals surface area contributed by atoms with E-state index in [1.54, 1.807) is 30.5 Å². The van der Waals surface area contributed by atoms with Gasteiger partial charge in [0.05, 0.1) is 7.11 Å². The number of alkyl carbamates (subject to hydrolysis) is 1. The van der Waals surface area contributed by atoms with Crippen LogP contribution in [0.3, 0.4) is 0 Å². The number of pyridine rings is 1. The molecule has 1 unspecified atom stereocenters. The van der Waals surface area contributed by atoms with Gasteiger partial charge in [-0.25, -0.2) is 9.78 Å². The Kier molecular flexibility index (Phi) is 6.91. The molecular formula is C25H27N5O4. The van der Waals surface area contributed by atoms with Gasteiger partial charge < -0.3 is 26.0 Å². The van der Waals surface area contributed by atoms with E-state index in [1.165, 1.54) is 12.0 Å². The minimum Gasteiger partial charge on any atom is -0.453 e. The number of carbonyl (C=O) groups is 3. The smallest absolute Gasteiger partial charge is 0.407 e. The second-order valence-electron chi connectivity index (χ2n) is 8.14. The molecule has 9 heteroatoms. The van der Waals surface area contributed by atoms with Gasteiger partial charge in [0.2, 0.25) is 5.91 Å². The van der Waals surface area contributed by atoms with Gasteiger partial charge in [-0.05, 0) is 41.5 Å². The maximum Gasteiger partial charge on any atom is 0.407 e. The Morgan fingerprint density at radius 2 is 1.97 bits per heavy atom. The Bertz CT molecular complexity index is 1200. The molecule has 3 aromatic rings. The summed E-state index contributed by atoms with van der Waals surface area (Å²) in [6.45, 7) is 0.753. The van der Waals surface area contributed by atoms with Crippen LogP contribution in [0.25, 0.3) is 10.8 Å². The van der Waals surface area contributed by atoms with Crippen molar-refractivity contribution in [3.63, 3.8) is 0 Å². The lowest BCUT2D eigenvalue weighted by Gasteiger charge is -2.28. The van der Waals surface area contributed by atoms with Crippen LogP contribution < -0.4 is 16.4 Å². The Morgan fingerprint density at radius 3 is 2.74 bits per heavy atom. The molecule has 2 heterocycles. The molecule has 1 fully saturated rings. The molecule has 2 aromatic carbocycles. The summed E-state index contributed by atoms with van der Waals surface area (Å²) in [5.74, 6) is -0.116. The molecule has 0 spiro atoms. The molecule has 0 saturated carbocycles. The first-order valence-corrected chi connectivity index (χ1v) is 11.1. The van der Waals surface area contributed by atoms with Crippen LogP contribution in [0.2, 0.25) is 0 Å². The summed E-state index contributed by atoms with van der Waals surface area (Å²) in [6, 6.07) is 15.0. The lowest BCUT2D eigenvalue weighted by molar-refractivity contribution is -0.140. The normalized spacial score (nSPS) is 16.1. The molecule has 1 aliphatic rings. The lowest BCUT2D eigenvalue weighted by Crippen LogP contribution is -2.50. The predicted molar refractivity (Wildman–Crippen MR) is 127 cm³/mol. The van der Waals surface area contributed by atoms with Gasteiger partial charge in [-0.15, -0.1) is 0 Å². The van der Waals surface area contributed by atoms with Gasteiger partial charge in [-0.1, -0.05) is 42.5 Å². The second kappa shape index (κ2) is 10.2. The van der Waals surface area contributed by atoms with Crippen LogP contribution in [-0.4, -0.2) is 47.5 Å². The third-order valence-corrected chi connectivity index (χ3v) is 5.99. The summed E-state index contributed by atoms with van der Waals surface area (Å²) in [6.07, 6.45) is 2.19. The molecule has 0 aliphatic carbocycles. The average Bonchev–Trinajstić information content (AvgIpc) is 3.36.